The summed E-state index contributed by atoms with van der Waals surface area (Å²) in [6.07, 6.45) is 2.47. The predicted molar refractivity (Wildman–Crippen MR) is 113 cm³/mol. The lowest BCUT2D eigenvalue weighted by Crippen LogP contribution is -2.54. The monoisotopic (exact) mass is 480 g/mol. The van der Waals surface area contributed by atoms with Crippen LogP contribution in [0.25, 0.3) is 0 Å². The Morgan fingerprint density at radius 3 is 2.52 bits per heavy atom. The Morgan fingerprint density at radius 2 is 2.08 bits per heavy atom. The van der Waals surface area contributed by atoms with Gasteiger partial charge in [0.2, 0.25) is 0 Å². The van der Waals surface area contributed by atoms with Gasteiger partial charge in [0, 0.05) is 35.5 Å². The Bertz CT molecular complexity index is 568. The summed E-state index contributed by atoms with van der Waals surface area (Å²) < 4.78 is 2.56. The minimum atomic E-state index is -0.980. The molecule has 142 valence electrons. The quantitative estimate of drug-likeness (QED) is 0.391. The van der Waals surface area contributed by atoms with Crippen LogP contribution in [-0.2, 0) is 10.3 Å². The molecule has 0 saturated carbocycles. The average Bonchev–Trinajstić information content (AvgIpc) is 2.55. The maximum atomic E-state index is 9.24. The minimum Gasteiger partial charge on any atom is -0.480 e. The van der Waals surface area contributed by atoms with Crippen molar-refractivity contribution in [3.63, 3.8) is 0 Å². The third-order valence-electron chi connectivity index (χ3n) is 4.96. The first-order valence-corrected chi connectivity index (χ1v) is 10.1. The Kier molecular flexibility index (Phi) is 9.15. The van der Waals surface area contributed by atoms with Crippen molar-refractivity contribution < 1.29 is 9.90 Å². The summed E-state index contributed by atoms with van der Waals surface area (Å²) in [5.74, 6) is -0.685. The van der Waals surface area contributed by atoms with Crippen molar-refractivity contribution in [2.75, 3.05) is 26.5 Å². The van der Waals surface area contributed by atoms with Crippen LogP contribution in [0.5, 0.6) is 0 Å². The molecule has 2 unspecified atom stereocenters. The molecule has 0 bridgehead atoms. The van der Waals surface area contributed by atoms with Crippen LogP contribution >= 0.6 is 34.5 Å². The number of carboxylic acid groups (broad SMARTS) is 1. The number of alkyl halides is 1. The number of nitrogens with zero attached hydrogens (tertiary/aromatic N) is 2. The highest BCUT2D eigenvalue weighted by Crippen LogP contribution is 2.46. The van der Waals surface area contributed by atoms with E-state index in [9.17, 15) is 4.79 Å². The van der Waals surface area contributed by atoms with E-state index in [1.807, 2.05) is 0 Å². The van der Waals surface area contributed by atoms with Crippen LogP contribution in [0.2, 0.25) is 0 Å². The Morgan fingerprint density at radius 1 is 1.48 bits per heavy atom. The van der Waals surface area contributed by atoms with Crippen LogP contribution < -0.4 is 0 Å². The van der Waals surface area contributed by atoms with E-state index < -0.39 is 5.97 Å². The molecule has 4 nitrogen and oxygen atoms in total. The van der Waals surface area contributed by atoms with Crippen LogP contribution in [0, 0.1) is 12.8 Å². The highest BCUT2D eigenvalue weighted by atomic mass is 127. The molecule has 1 N–H and O–H groups in total. The number of hydrogen-bond acceptors (Lipinski definition) is 3. The molecule has 6 heteroatoms. The maximum Gasteiger partial charge on any atom is 0.318 e. The summed E-state index contributed by atoms with van der Waals surface area (Å²) in [5.41, 5.74) is 2.99. The van der Waals surface area contributed by atoms with E-state index in [1.54, 1.807) is 0 Å². The number of halogens is 2. The van der Waals surface area contributed by atoms with Crippen LogP contribution in [-0.4, -0.2) is 51.7 Å². The summed E-state index contributed by atoms with van der Waals surface area (Å²) in [7, 11) is 4.43. The van der Waals surface area contributed by atoms with Crippen molar-refractivity contribution in [2.45, 2.75) is 45.2 Å². The Balaban J connectivity index is 0.000000550. The summed E-state index contributed by atoms with van der Waals surface area (Å²) in [5, 5.41) is 7.59. The van der Waals surface area contributed by atoms with Crippen LogP contribution in [0.4, 0.5) is 0 Å². The van der Waals surface area contributed by atoms with Gasteiger partial charge in [0.1, 0.15) is 5.88 Å². The van der Waals surface area contributed by atoms with Gasteiger partial charge in [-0.05, 0) is 45.3 Å². The zero-order valence-corrected chi connectivity index (χ0v) is 18.7. The highest BCUT2D eigenvalue weighted by molar-refractivity contribution is 14.1. The molecule has 1 fully saturated rings. The zero-order chi connectivity index (χ0) is 19.2. The van der Waals surface area contributed by atoms with Crippen LogP contribution in [0.15, 0.2) is 24.3 Å². The number of carboxylic acids is 1. The number of benzene rings is 1. The molecule has 2 atom stereocenters. The lowest BCUT2D eigenvalue weighted by Gasteiger charge is -2.51. The minimum absolute atomic E-state index is 0.153. The molecule has 1 heterocycles. The molecular weight excluding hydrogens is 451 g/mol. The molecule has 1 saturated heterocycles. The standard InChI is InChI=1S/C17H27IN2.C2H3ClO2/c1-13(2)17(15-8-6-7-14(3)11-15)12-16(19(4)5)9-10-20(17)18;3-1-2(4)5/h6-8,11,13,16H,9-10,12H2,1-5H3;1H2,(H,4,5). The van der Waals surface area contributed by atoms with Gasteiger partial charge in [-0.25, -0.2) is 3.11 Å². The topological polar surface area (TPSA) is 43.8 Å². The van der Waals surface area contributed by atoms with Gasteiger partial charge in [0.25, 0.3) is 0 Å². The average molecular weight is 481 g/mol. The number of aliphatic carboxylic acids is 1. The fraction of sp³-hybridized carbons (Fsp3) is 0.632. The molecule has 1 aromatic carbocycles. The normalized spacial score (nSPS) is 24.1. The van der Waals surface area contributed by atoms with E-state index in [1.165, 1.54) is 24.0 Å². The predicted octanol–water partition coefficient (Wildman–Crippen LogP) is 4.53. The fourth-order valence-corrected chi connectivity index (χ4v) is 4.80. The second-order valence-corrected chi connectivity index (χ2v) is 8.60. The lowest BCUT2D eigenvalue weighted by molar-refractivity contribution is -0.134. The van der Waals surface area contributed by atoms with Gasteiger partial charge in [-0.2, -0.15) is 0 Å². The van der Waals surface area contributed by atoms with Crippen LogP contribution in [0.1, 0.15) is 37.8 Å². The van der Waals surface area contributed by atoms with Gasteiger partial charge in [0.05, 0.1) is 5.54 Å². The number of hydrogen-bond donors (Lipinski definition) is 1. The maximum absolute atomic E-state index is 9.24. The number of carbonyl (C=O) groups is 1. The van der Waals surface area contributed by atoms with E-state index in [0.29, 0.717) is 12.0 Å². The second-order valence-electron chi connectivity index (χ2n) is 7.17. The van der Waals surface area contributed by atoms with Crippen molar-refractivity contribution in [3.05, 3.63) is 35.4 Å². The van der Waals surface area contributed by atoms with Crippen molar-refractivity contribution in [1.29, 1.82) is 0 Å². The van der Waals surface area contributed by atoms with Gasteiger partial charge >= 0.3 is 5.97 Å². The second kappa shape index (κ2) is 10.1. The molecular formula is C19H30ClIN2O2. The van der Waals surface area contributed by atoms with Gasteiger partial charge in [0.15, 0.2) is 0 Å². The van der Waals surface area contributed by atoms with E-state index in [2.05, 4.69) is 90.0 Å². The Hall–Kier alpha value is -0.370. The fourth-order valence-electron chi connectivity index (χ4n) is 3.48. The first-order valence-electron chi connectivity index (χ1n) is 8.59. The summed E-state index contributed by atoms with van der Waals surface area (Å²) in [6, 6.07) is 9.77. The van der Waals surface area contributed by atoms with E-state index in [4.69, 9.17) is 16.7 Å². The third kappa shape index (κ3) is 5.81. The molecule has 0 aliphatic carbocycles. The van der Waals surface area contributed by atoms with Crippen molar-refractivity contribution in [2.24, 2.45) is 5.92 Å². The van der Waals surface area contributed by atoms with E-state index >= 15 is 0 Å². The molecule has 0 amide bonds. The van der Waals surface area contributed by atoms with Crippen molar-refractivity contribution in [1.82, 2.24) is 8.01 Å². The van der Waals surface area contributed by atoms with Gasteiger partial charge in [-0.15, -0.1) is 11.6 Å². The molecule has 25 heavy (non-hydrogen) atoms. The summed E-state index contributed by atoms with van der Waals surface area (Å²) in [6.45, 7) is 8.09. The molecule has 0 radical (unpaired) electrons. The SMILES string of the molecule is Cc1cccc(C2(C(C)C)CC(N(C)C)CCN2I)c1.O=C(O)CCl. The van der Waals surface area contributed by atoms with E-state index in [0.717, 1.165) is 6.54 Å². The van der Waals surface area contributed by atoms with Gasteiger partial charge in [-0.1, -0.05) is 43.7 Å². The van der Waals surface area contributed by atoms with Gasteiger partial charge < -0.3 is 10.0 Å². The molecule has 2 rings (SSSR count). The first-order chi connectivity index (χ1) is 11.6. The number of rotatable bonds is 4. The first kappa shape index (κ1) is 22.7. The highest BCUT2D eigenvalue weighted by Gasteiger charge is 2.45. The van der Waals surface area contributed by atoms with Crippen molar-refractivity contribution in [3.8, 4) is 0 Å². The van der Waals surface area contributed by atoms with Crippen LogP contribution in [0.3, 0.4) is 0 Å². The molecule has 0 spiro atoms. The lowest BCUT2D eigenvalue weighted by atomic mass is 9.72. The zero-order valence-electron chi connectivity index (χ0n) is 15.8. The third-order valence-corrected chi connectivity index (χ3v) is 6.53. The molecule has 0 aromatic heterocycles. The molecule has 1 aliphatic rings. The Labute approximate surface area is 171 Å². The summed E-state index contributed by atoms with van der Waals surface area (Å²) >= 11 is 7.29. The largest absolute Gasteiger partial charge is 0.480 e. The summed E-state index contributed by atoms with van der Waals surface area (Å²) in [4.78, 5) is 11.6. The number of aryl methyl sites for hydroxylation is 1. The molecule has 1 aromatic rings. The van der Waals surface area contributed by atoms with E-state index in [-0.39, 0.29) is 11.4 Å². The smallest absolute Gasteiger partial charge is 0.318 e. The van der Waals surface area contributed by atoms with Gasteiger partial charge in [-0.3, -0.25) is 4.79 Å². The van der Waals surface area contributed by atoms with Crippen molar-refractivity contribution >= 4 is 40.4 Å². The molecule has 1 aliphatic heterocycles. The number of piperidine rings is 1.